The van der Waals surface area contributed by atoms with Crippen LogP contribution in [-0.2, 0) is 13.5 Å². The maximum Gasteiger partial charge on any atom is 0.170 e. The highest BCUT2D eigenvalue weighted by Crippen LogP contribution is 2.18. The molecule has 0 saturated heterocycles. The van der Waals surface area contributed by atoms with Crippen LogP contribution >= 0.6 is 15.9 Å². The van der Waals surface area contributed by atoms with Crippen molar-refractivity contribution in [1.82, 2.24) is 9.55 Å². The van der Waals surface area contributed by atoms with Crippen molar-refractivity contribution in [3.63, 3.8) is 0 Å². The predicted octanol–water partition coefficient (Wildman–Crippen LogP) is 2.92. The van der Waals surface area contributed by atoms with E-state index >= 15 is 0 Å². The first-order valence-electron chi connectivity index (χ1n) is 5.33. The lowest BCUT2D eigenvalue weighted by atomic mass is 10.1. The first-order chi connectivity index (χ1) is 8.08. The minimum Gasteiger partial charge on any atom is -0.338 e. The van der Waals surface area contributed by atoms with Crippen molar-refractivity contribution in [3.05, 3.63) is 52.0 Å². The molecule has 0 N–H and O–H groups in total. The topological polar surface area (TPSA) is 34.9 Å². The Labute approximate surface area is 109 Å². The first kappa shape index (κ1) is 12.0. The van der Waals surface area contributed by atoms with E-state index in [0.717, 1.165) is 15.9 Å². The SMILES string of the molecule is Cc1ccc(C(=O)Cc2nccn2C)cc1Br. The van der Waals surface area contributed by atoms with E-state index in [2.05, 4.69) is 20.9 Å². The summed E-state index contributed by atoms with van der Waals surface area (Å²) in [4.78, 5) is 16.2. The Morgan fingerprint density at radius 1 is 1.47 bits per heavy atom. The van der Waals surface area contributed by atoms with Crippen LogP contribution in [0.25, 0.3) is 0 Å². The van der Waals surface area contributed by atoms with Gasteiger partial charge in [-0.2, -0.15) is 0 Å². The molecule has 0 bridgehead atoms. The van der Waals surface area contributed by atoms with Crippen LogP contribution < -0.4 is 0 Å². The molecule has 0 unspecified atom stereocenters. The molecule has 2 rings (SSSR count). The number of aromatic nitrogens is 2. The Morgan fingerprint density at radius 2 is 2.24 bits per heavy atom. The number of nitrogens with zero attached hydrogens (tertiary/aromatic N) is 2. The number of hydrogen-bond donors (Lipinski definition) is 0. The Hall–Kier alpha value is -1.42. The summed E-state index contributed by atoms with van der Waals surface area (Å²) < 4.78 is 2.82. The van der Waals surface area contributed by atoms with Gasteiger partial charge in [-0.15, -0.1) is 0 Å². The molecule has 0 aliphatic carbocycles. The van der Waals surface area contributed by atoms with Gasteiger partial charge < -0.3 is 4.57 Å². The average Bonchev–Trinajstić information content (AvgIpc) is 2.68. The van der Waals surface area contributed by atoms with Crippen molar-refractivity contribution >= 4 is 21.7 Å². The van der Waals surface area contributed by atoms with E-state index in [1.165, 1.54) is 0 Å². The van der Waals surface area contributed by atoms with Crippen LogP contribution in [0.4, 0.5) is 0 Å². The molecule has 0 aliphatic rings. The molecular formula is C13H13BrN2O. The van der Waals surface area contributed by atoms with Gasteiger partial charge in [-0.25, -0.2) is 4.98 Å². The summed E-state index contributed by atoms with van der Waals surface area (Å²) in [5.41, 5.74) is 1.84. The third-order valence-corrected chi connectivity index (χ3v) is 3.59. The van der Waals surface area contributed by atoms with Crippen molar-refractivity contribution in [2.75, 3.05) is 0 Å². The quantitative estimate of drug-likeness (QED) is 0.816. The molecule has 1 aromatic heterocycles. The summed E-state index contributed by atoms with van der Waals surface area (Å²) in [6.45, 7) is 2.00. The second-order valence-corrected chi connectivity index (χ2v) is 4.87. The molecule has 17 heavy (non-hydrogen) atoms. The van der Waals surface area contributed by atoms with Gasteiger partial charge in [0.05, 0.1) is 6.42 Å². The van der Waals surface area contributed by atoms with Crippen LogP contribution in [0.1, 0.15) is 21.7 Å². The van der Waals surface area contributed by atoms with Gasteiger partial charge in [0.2, 0.25) is 0 Å². The molecule has 0 fully saturated rings. The molecule has 0 radical (unpaired) electrons. The number of ketones is 1. The van der Waals surface area contributed by atoms with E-state index in [0.29, 0.717) is 12.0 Å². The zero-order valence-electron chi connectivity index (χ0n) is 9.77. The van der Waals surface area contributed by atoms with E-state index in [1.807, 2.05) is 42.9 Å². The zero-order valence-corrected chi connectivity index (χ0v) is 11.4. The van der Waals surface area contributed by atoms with Crippen LogP contribution in [0.3, 0.4) is 0 Å². The highest BCUT2D eigenvalue weighted by molar-refractivity contribution is 9.10. The number of imidazole rings is 1. The van der Waals surface area contributed by atoms with Crippen molar-refractivity contribution in [1.29, 1.82) is 0 Å². The van der Waals surface area contributed by atoms with E-state index in [1.54, 1.807) is 6.20 Å². The number of rotatable bonds is 3. The highest BCUT2D eigenvalue weighted by Gasteiger charge is 2.10. The van der Waals surface area contributed by atoms with Crippen LogP contribution in [0.15, 0.2) is 35.1 Å². The van der Waals surface area contributed by atoms with Crippen LogP contribution in [-0.4, -0.2) is 15.3 Å². The molecule has 88 valence electrons. The number of benzene rings is 1. The van der Waals surface area contributed by atoms with Gasteiger partial charge in [0, 0.05) is 29.5 Å². The van der Waals surface area contributed by atoms with Crippen molar-refractivity contribution in [2.45, 2.75) is 13.3 Å². The first-order valence-corrected chi connectivity index (χ1v) is 6.13. The molecule has 2 aromatic rings. The number of carbonyl (C=O) groups excluding carboxylic acids is 1. The van der Waals surface area contributed by atoms with Crippen molar-refractivity contribution < 1.29 is 4.79 Å². The van der Waals surface area contributed by atoms with Crippen LogP contribution in [0, 0.1) is 6.92 Å². The molecule has 4 heteroatoms. The lowest BCUT2D eigenvalue weighted by Crippen LogP contribution is -2.08. The fraction of sp³-hybridized carbons (Fsp3) is 0.231. The second kappa shape index (κ2) is 4.84. The molecule has 0 atom stereocenters. The lowest BCUT2D eigenvalue weighted by molar-refractivity contribution is 0.0990. The number of hydrogen-bond acceptors (Lipinski definition) is 2. The zero-order chi connectivity index (χ0) is 12.4. The number of carbonyl (C=O) groups is 1. The Bertz CT molecular complexity index is 560. The highest BCUT2D eigenvalue weighted by atomic mass is 79.9. The fourth-order valence-electron chi connectivity index (χ4n) is 1.58. The average molecular weight is 293 g/mol. The Kier molecular flexibility index (Phi) is 3.43. The lowest BCUT2D eigenvalue weighted by Gasteiger charge is -2.04. The summed E-state index contributed by atoms with van der Waals surface area (Å²) in [6, 6.07) is 5.65. The third kappa shape index (κ3) is 2.64. The van der Waals surface area contributed by atoms with Gasteiger partial charge in [-0.05, 0) is 18.6 Å². The van der Waals surface area contributed by atoms with Crippen LogP contribution in [0.2, 0.25) is 0 Å². The van der Waals surface area contributed by atoms with Crippen molar-refractivity contribution in [3.8, 4) is 0 Å². The predicted molar refractivity (Wildman–Crippen MR) is 70.1 cm³/mol. The molecule has 0 aliphatic heterocycles. The van der Waals surface area contributed by atoms with Crippen molar-refractivity contribution in [2.24, 2.45) is 7.05 Å². The van der Waals surface area contributed by atoms with E-state index < -0.39 is 0 Å². The maximum atomic E-state index is 12.1. The molecular weight excluding hydrogens is 280 g/mol. The normalized spacial score (nSPS) is 10.5. The Balaban J connectivity index is 2.20. The number of Topliss-reactive ketones (excluding diaryl/α,β-unsaturated/α-hetero) is 1. The maximum absolute atomic E-state index is 12.1. The van der Waals surface area contributed by atoms with Gasteiger partial charge in [0.15, 0.2) is 5.78 Å². The minimum atomic E-state index is 0.0833. The second-order valence-electron chi connectivity index (χ2n) is 4.02. The molecule has 1 aromatic carbocycles. The standard InChI is InChI=1S/C13H13BrN2O/c1-9-3-4-10(7-11(9)14)12(17)8-13-15-5-6-16(13)2/h3-7H,8H2,1-2H3. The summed E-state index contributed by atoms with van der Waals surface area (Å²) in [5, 5.41) is 0. The summed E-state index contributed by atoms with van der Waals surface area (Å²) >= 11 is 3.43. The summed E-state index contributed by atoms with van der Waals surface area (Å²) in [6.07, 6.45) is 3.88. The van der Waals surface area contributed by atoms with Gasteiger partial charge in [-0.3, -0.25) is 4.79 Å². The van der Waals surface area contributed by atoms with E-state index in [-0.39, 0.29) is 5.78 Å². The number of halogens is 1. The van der Waals surface area contributed by atoms with Gasteiger partial charge in [-0.1, -0.05) is 28.1 Å². The molecule has 1 heterocycles. The molecule has 0 saturated carbocycles. The fourth-order valence-corrected chi connectivity index (χ4v) is 1.96. The molecule has 3 nitrogen and oxygen atoms in total. The monoisotopic (exact) mass is 292 g/mol. The smallest absolute Gasteiger partial charge is 0.170 e. The van der Waals surface area contributed by atoms with Gasteiger partial charge >= 0.3 is 0 Å². The third-order valence-electron chi connectivity index (χ3n) is 2.73. The molecule has 0 spiro atoms. The molecule has 0 amide bonds. The van der Waals surface area contributed by atoms with Crippen LogP contribution in [0.5, 0.6) is 0 Å². The number of aryl methyl sites for hydroxylation is 2. The Morgan fingerprint density at radius 3 is 2.82 bits per heavy atom. The van der Waals surface area contributed by atoms with Gasteiger partial charge in [0.25, 0.3) is 0 Å². The largest absolute Gasteiger partial charge is 0.338 e. The summed E-state index contributed by atoms with van der Waals surface area (Å²) in [7, 11) is 1.89. The minimum absolute atomic E-state index is 0.0833. The van der Waals surface area contributed by atoms with Gasteiger partial charge in [0.1, 0.15) is 5.82 Å². The summed E-state index contributed by atoms with van der Waals surface area (Å²) in [5.74, 6) is 0.867. The van der Waals surface area contributed by atoms with E-state index in [4.69, 9.17) is 0 Å². The van der Waals surface area contributed by atoms with E-state index in [9.17, 15) is 4.79 Å².